The van der Waals surface area contributed by atoms with Gasteiger partial charge in [-0.2, -0.15) is 4.72 Å². The monoisotopic (exact) mass is 436 g/mol. The number of hydrogen-bond acceptors (Lipinski definition) is 7. The first-order chi connectivity index (χ1) is 12.3. The predicted octanol–water partition coefficient (Wildman–Crippen LogP) is 3.49. The molecule has 2 rings (SSSR count). The molecular weight excluding hydrogens is 416 g/mol. The van der Waals surface area contributed by atoms with Gasteiger partial charge >= 0.3 is 5.97 Å². The molecule has 2 aromatic rings. The van der Waals surface area contributed by atoms with Crippen LogP contribution in [0.15, 0.2) is 27.4 Å². The highest BCUT2D eigenvalue weighted by atomic mass is 35.5. The number of benzene rings is 1. The van der Waals surface area contributed by atoms with Gasteiger partial charge in [0.25, 0.3) is 0 Å². The van der Waals surface area contributed by atoms with Gasteiger partial charge in [-0.05, 0) is 30.5 Å². The van der Waals surface area contributed by atoms with Crippen molar-refractivity contribution >= 4 is 60.9 Å². The van der Waals surface area contributed by atoms with Crippen LogP contribution in [0.5, 0.6) is 0 Å². The van der Waals surface area contributed by atoms with Gasteiger partial charge in [-0.25, -0.2) is 13.4 Å². The molecule has 6 nitrogen and oxygen atoms in total. The van der Waals surface area contributed by atoms with E-state index in [4.69, 9.17) is 11.6 Å². The number of rotatable bonds is 9. The number of carbonyl (C=O) groups excluding carboxylic acids is 1. The highest BCUT2D eigenvalue weighted by Crippen LogP contribution is 2.31. The maximum absolute atomic E-state index is 12.7. The Labute approximate surface area is 166 Å². The zero-order chi connectivity index (χ0) is 19.3. The third-order valence-electron chi connectivity index (χ3n) is 3.56. The molecule has 0 amide bonds. The standard InChI is InChI=1S/C16H21ClN2O4S3/c1-10(2)14(15(20)23-3)19-26(21,22)11-5-6-12-13(9-11)25-16(18-12)24-8-4-7-17/h5-6,9-10,14,19H,4,7-8H2,1-3H3/t14-/m1/s1. The lowest BCUT2D eigenvalue weighted by Crippen LogP contribution is -2.44. The van der Waals surface area contributed by atoms with Crippen LogP contribution in [0.1, 0.15) is 20.3 Å². The largest absolute Gasteiger partial charge is 0.468 e. The Morgan fingerprint density at radius 3 is 2.77 bits per heavy atom. The SMILES string of the molecule is COC(=O)[C@H](NS(=O)(=O)c1ccc2nc(SCCCCl)sc2c1)C(C)C. The molecular formula is C16H21ClN2O4S3. The van der Waals surface area contributed by atoms with E-state index in [9.17, 15) is 13.2 Å². The molecule has 0 aliphatic carbocycles. The molecule has 1 heterocycles. The first-order valence-corrected chi connectivity index (χ1v) is 11.8. The van der Waals surface area contributed by atoms with Gasteiger partial charge in [0.15, 0.2) is 4.34 Å². The first kappa shape index (κ1) is 21.4. The number of hydrogen-bond donors (Lipinski definition) is 1. The van der Waals surface area contributed by atoms with Crippen LogP contribution >= 0.6 is 34.7 Å². The number of nitrogens with one attached hydrogen (secondary N) is 1. The van der Waals surface area contributed by atoms with Crippen LogP contribution in [-0.2, 0) is 19.6 Å². The van der Waals surface area contributed by atoms with Gasteiger partial charge in [0.2, 0.25) is 10.0 Å². The van der Waals surface area contributed by atoms with E-state index in [0.29, 0.717) is 5.88 Å². The minimum atomic E-state index is -3.86. The maximum atomic E-state index is 12.7. The molecule has 0 saturated carbocycles. The molecule has 0 aliphatic heterocycles. The van der Waals surface area contributed by atoms with E-state index in [0.717, 1.165) is 26.7 Å². The van der Waals surface area contributed by atoms with Crippen molar-refractivity contribution in [2.24, 2.45) is 5.92 Å². The molecule has 10 heteroatoms. The number of ether oxygens (including phenoxy) is 1. The number of thioether (sulfide) groups is 1. The number of carbonyl (C=O) groups is 1. The minimum Gasteiger partial charge on any atom is -0.468 e. The number of methoxy groups -OCH3 is 1. The number of halogens is 1. The Kier molecular flexibility index (Phi) is 7.72. The number of fused-ring (bicyclic) bond motifs is 1. The molecule has 0 unspecified atom stereocenters. The third kappa shape index (κ3) is 5.32. The highest BCUT2D eigenvalue weighted by Gasteiger charge is 2.29. The van der Waals surface area contributed by atoms with Crippen molar-refractivity contribution in [3.8, 4) is 0 Å². The van der Waals surface area contributed by atoms with Crippen LogP contribution in [0.25, 0.3) is 10.2 Å². The second kappa shape index (κ2) is 9.36. The van der Waals surface area contributed by atoms with Gasteiger partial charge in [0.05, 0.1) is 22.2 Å². The Hall–Kier alpha value is -0.870. The van der Waals surface area contributed by atoms with E-state index in [1.165, 1.54) is 24.5 Å². The van der Waals surface area contributed by atoms with Gasteiger partial charge in [-0.1, -0.05) is 25.6 Å². The normalized spacial score (nSPS) is 13.3. The van der Waals surface area contributed by atoms with Crippen molar-refractivity contribution in [3.05, 3.63) is 18.2 Å². The quantitative estimate of drug-likeness (QED) is 0.280. The van der Waals surface area contributed by atoms with E-state index in [1.807, 2.05) is 0 Å². The summed E-state index contributed by atoms with van der Waals surface area (Å²) < 4.78 is 34.1. The molecule has 0 saturated heterocycles. The van der Waals surface area contributed by atoms with Gasteiger partial charge < -0.3 is 4.74 Å². The summed E-state index contributed by atoms with van der Waals surface area (Å²) in [7, 11) is -2.62. The van der Waals surface area contributed by atoms with Crippen LogP contribution in [0.2, 0.25) is 0 Å². The summed E-state index contributed by atoms with van der Waals surface area (Å²) in [6.45, 7) is 3.50. The summed E-state index contributed by atoms with van der Waals surface area (Å²) >= 11 is 8.72. The zero-order valence-electron chi connectivity index (χ0n) is 14.7. The Balaban J connectivity index is 2.25. The van der Waals surface area contributed by atoms with Crippen molar-refractivity contribution in [3.63, 3.8) is 0 Å². The van der Waals surface area contributed by atoms with Gasteiger partial charge in [0, 0.05) is 11.6 Å². The molecule has 0 bridgehead atoms. The molecule has 1 atom stereocenters. The van der Waals surface area contributed by atoms with Crippen LogP contribution in [0.3, 0.4) is 0 Å². The van der Waals surface area contributed by atoms with Crippen molar-refractivity contribution in [1.29, 1.82) is 0 Å². The van der Waals surface area contributed by atoms with E-state index in [-0.39, 0.29) is 10.8 Å². The van der Waals surface area contributed by atoms with Gasteiger partial charge in [0.1, 0.15) is 6.04 Å². The molecule has 1 N–H and O–H groups in total. The highest BCUT2D eigenvalue weighted by molar-refractivity contribution is 8.01. The van der Waals surface area contributed by atoms with Crippen LogP contribution in [0.4, 0.5) is 0 Å². The summed E-state index contributed by atoms with van der Waals surface area (Å²) in [5.74, 6) is 0.615. The second-order valence-corrected chi connectivity index (χ2v) is 10.3. The third-order valence-corrected chi connectivity index (χ3v) is 7.51. The Bertz CT molecular complexity index is 868. The van der Waals surface area contributed by atoms with Crippen molar-refractivity contribution < 1.29 is 17.9 Å². The summed E-state index contributed by atoms with van der Waals surface area (Å²) in [5, 5.41) is 0. The average Bonchev–Trinajstić information content (AvgIpc) is 3.01. The first-order valence-electron chi connectivity index (χ1n) is 7.98. The summed E-state index contributed by atoms with van der Waals surface area (Å²) in [5.41, 5.74) is 0.746. The molecule has 0 radical (unpaired) electrons. The fourth-order valence-corrected chi connectivity index (χ4v) is 5.99. The zero-order valence-corrected chi connectivity index (χ0v) is 17.9. The lowest BCUT2D eigenvalue weighted by molar-refractivity contribution is -0.143. The molecule has 1 aromatic carbocycles. The van der Waals surface area contributed by atoms with Crippen molar-refractivity contribution in [2.45, 2.75) is 35.5 Å². The average molecular weight is 437 g/mol. The number of esters is 1. The van der Waals surface area contributed by atoms with E-state index in [1.54, 1.807) is 37.7 Å². The number of alkyl halides is 1. The summed E-state index contributed by atoms with van der Waals surface area (Å²) in [6.07, 6.45) is 0.885. The summed E-state index contributed by atoms with van der Waals surface area (Å²) in [4.78, 5) is 16.4. The summed E-state index contributed by atoms with van der Waals surface area (Å²) in [6, 6.07) is 3.81. The van der Waals surface area contributed by atoms with Crippen LogP contribution in [-0.4, -0.2) is 44.2 Å². The Morgan fingerprint density at radius 2 is 2.15 bits per heavy atom. The van der Waals surface area contributed by atoms with E-state index >= 15 is 0 Å². The number of thiazole rings is 1. The molecule has 0 spiro atoms. The molecule has 0 fully saturated rings. The topological polar surface area (TPSA) is 85.4 Å². The lowest BCUT2D eigenvalue weighted by atomic mass is 10.1. The second-order valence-electron chi connectivity index (χ2n) is 5.87. The molecule has 0 aliphatic rings. The maximum Gasteiger partial charge on any atom is 0.324 e. The van der Waals surface area contributed by atoms with Gasteiger partial charge in [-0.15, -0.1) is 22.9 Å². The van der Waals surface area contributed by atoms with Crippen molar-refractivity contribution in [1.82, 2.24) is 9.71 Å². The molecule has 1 aromatic heterocycles. The lowest BCUT2D eigenvalue weighted by Gasteiger charge is -2.19. The molecule has 144 valence electrons. The fourth-order valence-electron chi connectivity index (χ4n) is 2.15. The smallest absolute Gasteiger partial charge is 0.324 e. The van der Waals surface area contributed by atoms with E-state index in [2.05, 4.69) is 14.4 Å². The Morgan fingerprint density at radius 1 is 1.42 bits per heavy atom. The predicted molar refractivity (Wildman–Crippen MR) is 107 cm³/mol. The fraction of sp³-hybridized carbons (Fsp3) is 0.500. The van der Waals surface area contributed by atoms with Gasteiger partial charge in [-0.3, -0.25) is 4.79 Å². The molecule has 26 heavy (non-hydrogen) atoms. The van der Waals surface area contributed by atoms with Crippen molar-refractivity contribution in [2.75, 3.05) is 18.7 Å². The number of nitrogens with zero attached hydrogens (tertiary/aromatic N) is 1. The van der Waals surface area contributed by atoms with Crippen LogP contribution in [0, 0.1) is 5.92 Å². The van der Waals surface area contributed by atoms with E-state index < -0.39 is 22.0 Å². The number of aromatic nitrogens is 1. The number of sulfonamides is 1. The minimum absolute atomic E-state index is 0.0977. The van der Waals surface area contributed by atoms with Crippen LogP contribution < -0.4 is 4.72 Å².